The summed E-state index contributed by atoms with van der Waals surface area (Å²) < 4.78 is 22.2. The summed E-state index contributed by atoms with van der Waals surface area (Å²) >= 11 is 0. The van der Waals surface area contributed by atoms with E-state index in [0.717, 1.165) is 30.2 Å². The molecule has 0 radical (unpaired) electrons. The van der Waals surface area contributed by atoms with E-state index in [1.54, 1.807) is 12.3 Å². The van der Waals surface area contributed by atoms with Crippen LogP contribution in [0.15, 0.2) is 57.7 Å². The molecule has 1 aliphatic rings. The second-order valence-electron chi connectivity index (χ2n) is 8.20. The molecule has 170 valence electrons. The minimum Gasteiger partial charge on any atom is -0.493 e. The van der Waals surface area contributed by atoms with E-state index in [9.17, 15) is 4.79 Å². The largest absolute Gasteiger partial charge is 0.493 e. The lowest BCUT2D eigenvalue weighted by Gasteiger charge is -2.33. The van der Waals surface area contributed by atoms with Gasteiger partial charge in [0.15, 0.2) is 11.5 Å². The standard InChI is InChI=1S/C24H29N3O5/c1-17(2)16-31-19-7-5-18(6-8-19)23-14-20(26-32-23)24(28)25-15-21(22-4-3-11-30-22)27-9-12-29-13-10-27/h3-8,11,14,17,21H,9-10,12-13,15-16H2,1-2H3,(H,25,28)/t21-/m1/s1. The highest BCUT2D eigenvalue weighted by molar-refractivity contribution is 5.93. The number of amides is 1. The highest BCUT2D eigenvalue weighted by Gasteiger charge is 2.26. The minimum absolute atomic E-state index is 0.0670. The zero-order chi connectivity index (χ0) is 22.3. The fraction of sp³-hybridized carbons (Fsp3) is 0.417. The Morgan fingerprint density at radius 2 is 1.97 bits per heavy atom. The Bertz CT molecular complexity index is 976. The number of carbonyl (C=O) groups excluding carboxylic acids is 1. The molecule has 3 heterocycles. The van der Waals surface area contributed by atoms with Crippen LogP contribution in [0.4, 0.5) is 0 Å². The second kappa shape index (κ2) is 10.5. The first-order chi connectivity index (χ1) is 15.6. The average molecular weight is 440 g/mol. The molecule has 0 saturated carbocycles. The highest BCUT2D eigenvalue weighted by Crippen LogP contribution is 2.24. The van der Waals surface area contributed by atoms with Crippen molar-refractivity contribution in [2.24, 2.45) is 5.92 Å². The van der Waals surface area contributed by atoms with Crippen molar-refractivity contribution in [2.45, 2.75) is 19.9 Å². The van der Waals surface area contributed by atoms with Crippen LogP contribution in [0.3, 0.4) is 0 Å². The SMILES string of the molecule is CC(C)COc1ccc(-c2cc(C(=O)NC[C@H](c3ccco3)N3CCOCC3)no2)cc1. The molecule has 1 aromatic carbocycles. The molecule has 1 aliphatic heterocycles. The van der Waals surface area contributed by atoms with Crippen LogP contribution < -0.4 is 10.1 Å². The summed E-state index contributed by atoms with van der Waals surface area (Å²) in [6.07, 6.45) is 1.65. The van der Waals surface area contributed by atoms with Crippen molar-refractivity contribution < 1.29 is 23.2 Å². The number of aromatic nitrogens is 1. The Labute approximate surface area is 187 Å². The molecule has 1 atom stereocenters. The zero-order valence-electron chi connectivity index (χ0n) is 18.5. The van der Waals surface area contributed by atoms with Gasteiger partial charge in [-0.25, -0.2) is 0 Å². The molecule has 0 unspecified atom stereocenters. The van der Waals surface area contributed by atoms with Gasteiger partial charge in [-0.3, -0.25) is 9.69 Å². The van der Waals surface area contributed by atoms with Gasteiger partial charge in [-0.2, -0.15) is 0 Å². The van der Waals surface area contributed by atoms with Gasteiger partial charge in [0.2, 0.25) is 0 Å². The molecular formula is C24H29N3O5. The fourth-order valence-corrected chi connectivity index (χ4v) is 3.56. The van der Waals surface area contributed by atoms with E-state index in [-0.39, 0.29) is 17.6 Å². The van der Waals surface area contributed by atoms with Gasteiger partial charge in [0.1, 0.15) is 11.5 Å². The Morgan fingerprint density at radius 3 is 2.66 bits per heavy atom. The summed E-state index contributed by atoms with van der Waals surface area (Å²) in [6.45, 7) is 8.17. The van der Waals surface area contributed by atoms with E-state index >= 15 is 0 Å². The van der Waals surface area contributed by atoms with E-state index < -0.39 is 0 Å². The predicted octanol–water partition coefficient (Wildman–Crippen LogP) is 3.77. The number of rotatable bonds is 9. The van der Waals surface area contributed by atoms with Crippen LogP contribution in [0.1, 0.15) is 36.1 Å². The molecule has 0 spiro atoms. The first kappa shape index (κ1) is 22.1. The number of furan rings is 1. The molecule has 0 bridgehead atoms. The molecule has 4 rings (SSSR count). The van der Waals surface area contributed by atoms with E-state index in [4.69, 9.17) is 18.4 Å². The summed E-state index contributed by atoms with van der Waals surface area (Å²) in [5, 5.41) is 6.91. The summed E-state index contributed by atoms with van der Waals surface area (Å²) in [4.78, 5) is 15.0. The van der Waals surface area contributed by atoms with Crippen LogP contribution in [0.25, 0.3) is 11.3 Å². The Kier molecular flexibility index (Phi) is 7.24. The lowest BCUT2D eigenvalue weighted by atomic mass is 10.1. The molecule has 32 heavy (non-hydrogen) atoms. The van der Waals surface area contributed by atoms with Crippen molar-refractivity contribution in [1.29, 1.82) is 0 Å². The Balaban J connectivity index is 1.37. The lowest BCUT2D eigenvalue weighted by Crippen LogP contribution is -2.43. The van der Waals surface area contributed by atoms with Gasteiger partial charge in [-0.1, -0.05) is 19.0 Å². The van der Waals surface area contributed by atoms with Crippen LogP contribution in [0.2, 0.25) is 0 Å². The molecule has 3 aromatic rings. The quantitative estimate of drug-likeness (QED) is 0.543. The summed E-state index contributed by atoms with van der Waals surface area (Å²) in [7, 11) is 0. The normalized spacial score (nSPS) is 15.6. The van der Waals surface area contributed by atoms with Crippen LogP contribution in [0.5, 0.6) is 5.75 Å². The van der Waals surface area contributed by atoms with Gasteiger partial charge in [0.25, 0.3) is 5.91 Å². The number of benzene rings is 1. The third-order valence-corrected chi connectivity index (χ3v) is 5.28. The van der Waals surface area contributed by atoms with Crippen molar-refractivity contribution in [2.75, 3.05) is 39.5 Å². The molecule has 1 N–H and O–H groups in total. The van der Waals surface area contributed by atoms with Gasteiger partial charge in [0.05, 0.1) is 32.1 Å². The van der Waals surface area contributed by atoms with Crippen molar-refractivity contribution >= 4 is 5.91 Å². The van der Waals surface area contributed by atoms with Gasteiger partial charge < -0.3 is 23.7 Å². The third-order valence-electron chi connectivity index (χ3n) is 5.28. The molecular weight excluding hydrogens is 410 g/mol. The lowest BCUT2D eigenvalue weighted by molar-refractivity contribution is 0.0118. The summed E-state index contributed by atoms with van der Waals surface area (Å²) in [6, 6.07) is 12.9. The van der Waals surface area contributed by atoms with Crippen molar-refractivity contribution in [3.63, 3.8) is 0 Å². The molecule has 0 aliphatic carbocycles. The summed E-state index contributed by atoms with van der Waals surface area (Å²) in [5.41, 5.74) is 1.07. The number of hydrogen-bond donors (Lipinski definition) is 1. The third kappa shape index (κ3) is 5.57. The maximum atomic E-state index is 12.7. The number of hydrogen-bond acceptors (Lipinski definition) is 7. The van der Waals surface area contributed by atoms with Crippen LogP contribution in [-0.4, -0.2) is 55.4 Å². The van der Waals surface area contributed by atoms with E-state index in [1.807, 2.05) is 36.4 Å². The number of morpholine rings is 1. The summed E-state index contributed by atoms with van der Waals surface area (Å²) in [5.74, 6) is 2.31. The van der Waals surface area contributed by atoms with Gasteiger partial charge in [0, 0.05) is 31.3 Å². The Morgan fingerprint density at radius 1 is 1.19 bits per heavy atom. The molecule has 1 amide bonds. The predicted molar refractivity (Wildman–Crippen MR) is 118 cm³/mol. The topological polar surface area (TPSA) is 90.0 Å². The van der Waals surface area contributed by atoms with E-state index in [1.165, 1.54) is 0 Å². The van der Waals surface area contributed by atoms with Gasteiger partial charge in [-0.15, -0.1) is 0 Å². The number of nitrogens with one attached hydrogen (secondary N) is 1. The molecule has 1 fully saturated rings. The monoisotopic (exact) mass is 439 g/mol. The minimum atomic E-state index is -0.290. The fourth-order valence-electron chi connectivity index (χ4n) is 3.56. The zero-order valence-corrected chi connectivity index (χ0v) is 18.5. The average Bonchev–Trinajstić information content (AvgIpc) is 3.52. The molecule has 1 saturated heterocycles. The smallest absolute Gasteiger partial charge is 0.273 e. The molecule has 2 aromatic heterocycles. The van der Waals surface area contributed by atoms with E-state index in [2.05, 4.69) is 29.2 Å². The highest BCUT2D eigenvalue weighted by atomic mass is 16.5. The van der Waals surface area contributed by atoms with Crippen LogP contribution in [-0.2, 0) is 4.74 Å². The van der Waals surface area contributed by atoms with Crippen molar-refractivity contribution in [3.05, 3.63) is 60.2 Å². The first-order valence-corrected chi connectivity index (χ1v) is 10.9. The maximum absolute atomic E-state index is 12.7. The Hall–Kier alpha value is -3.10. The number of ether oxygens (including phenoxy) is 2. The first-order valence-electron chi connectivity index (χ1n) is 10.9. The van der Waals surface area contributed by atoms with Crippen LogP contribution in [0, 0.1) is 5.92 Å². The molecule has 8 nitrogen and oxygen atoms in total. The van der Waals surface area contributed by atoms with E-state index in [0.29, 0.717) is 38.0 Å². The van der Waals surface area contributed by atoms with Crippen molar-refractivity contribution in [3.8, 4) is 17.1 Å². The number of nitrogens with zero attached hydrogens (tertiary/aromatic N) is 2. The van der Waals surface area contributed by atoms with Crippen molar-refractivity contribution in [1.82, 2.24) is 15.4 Å². The van der Waals surface area contributed by atoms with Crippen LogP contribution >= 0.6 is 0 Å². The molecule has 8 heteroatoms. The second-order valence-corrected chi connectivity index (χ2v) is 8.20. The maximum Gasteiger partial charge on any atom is 0.273 e. The van der Waals surface area contributed by atoms with Gasteiger partial charge >= 0.3 is 0 Å². The number of carbonyl (C=O) groups is 1. The van der Waals surface area contributed by atoms with Gasteiger partial charge in [-0.05, 0) is 42.3 Å².